The lowest BCUT2D eigenvalue weighted by atomic mass is 10.2. The van der Waals surface area contributed by atoms with Gasteiger partial charge in [0.15, 0.2) is 5.75 Å². The third kappa shape index (κ3) is 3.43. The van der Waals surface area contributed by atoms with Gasteiger partial charge in [-0.25, -0.2) is 4.79 Å². The molecule has 136 valence electrons. The highest BCUT2D eigenvalue weighted by Gasteiger charge is 2.39. The number of ether oxygens (including phenoxy) is 2. The van der Waals surface area contributed by atoms with Crippen molar-refractivity contribution in [2.75, 3.05) is 40.4 Å². The van der Waals surface area contributed by atoms with Gasteiger partial charge >= 0.3 is 6.03 Å². The molecule has 4 amide bonds. The molecule has 2 atom stereocenters. The second-order valence-electron chi connectivity index (χ2n) is 6.23. The van der Waals surface area contributed by atoms with E-state index in [0.717, 1.165) is 4.90 Å². The minimum Gasteiger partial charge on any atom is -0.482 e. The van der Waals surface area contributed by atoms with E-state index in [2.05, 4.69) is 5.10 Å². The molecule has 0 bridgehead atoms. The Labute approximate surface area is 144 Å². The van der Waals surface area contributed by atoms with Crippen LogP contribution in [0.4, 0.5) is 4.79 Å². The van der Waals surface area contributed by atoms with Gasteiger partial charge in [0, 0.05) is 21.1 Å². The summed E-state index contributed by atoms with van der Waals surface area (Å²) in [7, 11) is 4.93. The topological polar surface area (TPSA) is 97.2 Å². The summed E-state index contributed by atoms with van der Waals surface area (Å²) >= 11 is 0. The predicted molar refractivity (Wildman–Crippen MR) is 84.7 cm³/mol. The normalized spacial score (nSPS) is 23.5. The number of likely N-dealkylation sites (N-methyl/N-ethyl adjacent to an activating group) is 2. The molecule has 0 spiro atoms. The molecule has 0 saturated carbocycles. The highest BCUT2D eigenvalue weighted by atomic mass is 16.5. The fourth-order valence-electron chi connectivity index (χ4n) is 2.89. The maximum Gasteiger partial charge on any atom is 0.327 e. The number of amides is 4. The Bertz CT molecular complexity index is 690. The zero-order valence-electron chi connectivity index (χ0n) is 14.4. The number of carbonyl (C=O) groups excluding carboxylic acids is 3. The average Bonchev–Trinajstić information content (AvgIpc) is 3.24. The lowest BCUT2D eigenvalue weighted by molar-refractivity contribution is -0.137. The molecule has 2 aliphatic rings. The van der Waals surface area contributed by atoms with Crippen LogP contribution in [0.1, 0.15) is 0 Å². The van der Waals surface area contributed by atoms with E-state index in [1.54, 1.807) is 31.2 Å². The van der Waals surface area contributed by atoms with Crippen molar-refractivity contribution in [1.29, 1.82) is 0 Å². The van der Waals surface area contributed by atoms with Crippen molar-refractivity contribution in [1.82, 2.24) is 24.5 Å². The first-order valence-electron chi connectivity index (χ1n) is 7.91. The summed E-state index contributed by atoms with van der Waals surface area (Å²) in [6.45, 7) is 0.389. The molecule has 0 unspecified atom stereocenters. The van der Waals surface area contributed by atoms with Crippen LogP contribution in [0.2, 0.25) is 0 Å². The number of aryl methyl sites for hydroxylation is 1. The van der Waals surface area contributed by atoms with Gasteiger partial charge in [-0.2, -0.15) is 5.10 Å². The van der Waals surface area contributed by atoms with Gasteiger partial charge in [-0.3, -0.25) is 19.2 Å². The number of hydrogen-bond donors (Lipinski definition) is 0. The van der Waals surface area contributed by atoms with E-state index >= 15 is 0 Å². The SMILES string of the molecule is CN1CC(=O)N(CC(=O)N(C)[C@H]2COC[C@H]2Oc2cnn(C)c2)C1=O. The fourth-order valence-corrected chi connectivity index (χ4v) is 2.89. The van der Waals surface area contributed by atoms with Crippen molar-refractivity contribution < 1.29 is 23.9 Å². The standard InChI is InChI=1S/C15H21N5O5/c1-17-6-14(22)20(15(17)23)7-13(21)19(3)11-8-24-9-12(11)25-10-4-16-18(2)5-10/h4-5,11-12H,6-9H2,1-3H3/t11-,12+/m0/s1. The molecular weight excluding hydrogens is 330 g/mol. The molecule has 1 aromatic heterocycles. The van der Waals surface area contributed by atoms with Crippen LogP contribution in [-0.4, -0.2) is 94.9 Å². The van der Waals surface area contributed by atoms with E-state index in [9.17, 15) is 14.4 Å². The summed E-state index contributed by atoms with van der Waals surface area (Å²) < 4.78 is 12.9. The van der Waals surface area contributed by atoms with E-state index < -0.39 is 6.03 Å². The largest absolute Gasteiger partial charge is 0.482 e. The van der Waals surface area contributed by atoms with Gasteiger partial charge in [0.25, 0.3) is 5.91 Å². The van der Waals surface area contributed by atoms with Crippen molar-refractivity contribution in [3.63, 3.8) is 0 Å². The maximum absolute atomic E-state index is 12.5. The van der Waals surface area contributed by atoms with Crippen LogP contribution >= 0.6 is 0 Å². The third-order valence-electron chi connectivity index (χ3n) is 4.38. The van der Waals surface area contributed by atoms with Gasteiger partial charge in [0.2, 0.25) is 5.91 Å². The Morgan fingerprint density at radius 1 is 1.40 bits per heavy atom. The predicted octanol–water partition coefficient (Wildman–Crippen LogP) is -1.08. The Morgan fingerprint density at radius 3 is 2.76 bits per heavy atom. The molecule has 10 nitrogen and oxygen atoms in total. The summed E-state index contributed by atoms with van der Waals surface area (Å²) in [5.74, 6) is -0.122. The summed E-state index contributed by atoms with van der Waals surface area (Å²) in [6.07, 6.45) is 2.98. The summed E-state index contributed by atoms with van der Waals surface area (Å²) in [5.41, 5.74) is 0. The lowest BCUT2D eigenvalue weighted by Crippen LogP contribution is -2.50. The zero-order valence-corrected chi connectivity index (χ0v) is 14.4. The second kappa shape index (κ2) is 6.71. The van der Waals surface area contributed by atoms with E-state index in [0.29, 0.717) is 19.0 Å². The molecule has 0 aromatic carbocycles. The van der Waals surface area contributed by atoms with Crippen LogP contribution in [0.5, 0.6) is 5.75 Å². The number of carbonyl (C=O) groups is 3. The van der Waals surface area contributed by atoms with Crippen molar-refractivity contribution in [2.24, 2.45) is 7.05 Å². The smallest absolute Gasteiger partial charge is 0.327 e. The quantitative estimate of drug-likeness (QED) is 0.626. The number of urea groups is 1. The second-order valence-corrected chi connectivity index (χ2v) is 6.23. The van der Waals surface area contributed by atoms with Crippen LogP contribution in [0.25, 0.3) is 0 Å². The molecule has 1 aromatic rings. The van der Waals surface area contributed by atoms with E-state index in [-0.39, 0.29) is 37.0 Å². The molecule has 2 saturated heterocycles. The van der Waals surface area contributed by atoms with Crippen molar-refractivity contribution in [2.45, 2.75) is 12.1 Å². The van der Waals surface area contributed by atoms with Gasteiger partial charge in [-0.1, -0.05) is 0 Å². The molecule has 2 aliphatic heterocycles. The Kier molecular flexibility index (Phi) is 4.62. The Morgan fingerprint density at radius 2 is 2.16 bits per heavy atom. The van der Waals surface area contributed by atoms with Crippen LogP contribution in [0.3, 0.4) is 0 Å². The van der Waals surface area contributed by atoms with Crippen LogP contribution in [-0.2, 0) is 21.4 Å². The van der Waals surface area contributed by atoms with Gasteiger partial charge < -0.3 is 19.3 Å². The van der Waals surface area contributed by atoms with Gasteiger partial charge in [-0.15, -0.1) is 0 Å². The van der Waals surface area contributed by atoms with Gasteiger partial charge in [0.1, 0.15) is 19.2 Å². The summed E-state index contributed by atoms with van der Waals surface area (Å²) in [4.78, 5) is 40.0. The van der Waals surface area contributed by atoms with Gasteiger partial charge in [-0.05, 0) is 0 Å². The molecule has 25 heavy (non-hydrogen) atoms. The Hall–Kier alpha value is -2.62. The zero-order chi connectivity index (χ0) is 18.1. The van der Waals surface area contributed by atoms with Crippen molar-refractivity contribution >= 4 is 17.8 Å². The molecule has 2 fully saturated rings. The molecule has 0 aliphatic carbocycles. The van der Waals surface area contributed by atoms with E-state index in [1.807, 2.05) is 0 Å². The number of rotatable bonds is 5. The highest BCUT2D eigenvalue weighted by Crippen LogP contribution is 2.20. The average molecular weight is 351 g/mol. The first-order chi connectivity index (χ1) is 11.9. The number of nitrogens with zero attached hydrogens (tertiary/aromatic N) is 5. The van der Waals surface area contributed by atoms with Crippen LogP contribution in [0, 0.1) is 0 Å². The molecular formula is C15H21N5O5. The first kappa shape index (κ1) is 17.2. The van der Waals surface area contributed by atoms with Crippen molar-refractivity contribution in [3.8, 4) is 5.75 Å². The highest BCUT2D eigenvalue weighted by molar-refractivity contribution is 6.04. The fraction of sp³-hybridized carbons (Fsp3) is 0.600. The molecule has 3 heterocycles. The number of hydrogen-bond acceptors (Lipinski definition) is 6. The van der Waals surface area contributed by atoms with Gasteiger partial charge in [0.05, 0.1) is 31.6 Å². The van der Waals surface area contributed by atoms with Crippen LogP contribution in [0.15, 0.2) is 12.4 Å². The summed E-state index contributed by atoms with van der Waals surface area (Å²) in [5, 5.41) is 4.04. The molecule has 10 heteroatoms. The monoisotopic (exact) mass is 351 g/mol. The maximum atomic E-state index is 12.5. The minimum atomic E-state index is -0.461. The van der Waals surface area contributed by atoms with Crippen LogP contribution < -0.4 is 4.74 Å². The number of imide groups is 1. The first-order valence-corrected chi connectivity index (χ1v) is 7.91. The third-order valence-corrected chi connectivity index (χ3v) is 4.38. The van der Waals surface area contributed by atoms with E-state index in [4.69, 9.17) is 9.47 Å². The van der Waals surface area contributed by atoms with E-state index in [1.165, 1.54) is 16.8 Å². The molecule has 0 radical (unpaired) electrons. The Balaban J connectivity index is 1.62. The summed E-state index contributed by atoms with van der Waals surface area (Å²) in [6, 6.07) is -0.768. The van der Waals surface area contributed by atoms with Crippen molar-refractivity contribution in [3.05, 3.63) is 12.4 Å². The molecule has 0 N–H and O–H groups in total. The number of aromatic nitrogens is 2. The lowest BCUT2D eigenvalue weighted by Gasteiger charge is -2.29. The molecule has 3 rings (SSSR count). The minimum absolute atomic E-state index is 0.00485.